The average molecular weight is 274 g/mol. The molecule has 106 valence electrons. The highest BCUT2D eigenvalue weighted by Gasteiger charge is 2.25. The summed E-state index contributed by atoms with van der Waals surface area (Å²) >= 11 is 0. The number of rotatable bonds is 7. The number of piperidine rings is 1. The van der Waals surface area contributed by atoms with E-state index in [4.69, 9.17) is 0 Å². The summed E-state index contributed by atoms with van der Waals surface area (Å²) in [5.41, 5.74) is 0. The van der Waals surface area contributed by atoms with Gasteiger partial charge in [0.25, 0.3) is 0 Å². The fraction of sp³-hybridized carbons (Fsp3) is 1.00. The van der Waals surface area contributed by atoms with Crippen molar-refractivity contribution in [2.45, 2.75) is 38.5 Å². The van der Waals surface area contributed by atoms with Gasteiger partial charge in [0.05, 0.1) is 5.75 Å². The second-order valence-electron chi connectivity index (χ2n) is 5.83. The molecule has 1 saturated heterocycles. The van der Waals surface area contributed by atoms with E-state index in [1.165, 1.54) is 19.3 Å². The van der Waals surface area contributed by atoms with Crippen LogP contribution in [0.25, 0.3) is 0 Å². The molecule has 1 aliphatic heterocycles. The Labute approximate surface area is 111 Å². The summed E-state index contributed by atoms with van der Waals surface area (Å²) in [4.78, 5) is 2.28. The molecule has 0 amide bonds. The first-order chi connectivity index (χ1) is 8.58. The predicted molar refractivity (Wildman–Crippen MR) is 74.0 cm³/mol. The lowest BCUT2D eigenvalue weighted by molar-refractivity contribution is 0.317. The van der Waals surface area contributed by atoms with Gasteiger partial charge in [0.1, 0.15) is 0 Å². The molecule has 2 aliphatic rings. The minimum atomic E-state index is -2.99. The fourth-order valence-corrected chi connectivity index (χ4v) is 4.19. The fourth-order valence-electron chi connectivity index (χ4n) is 2.62. The van der Waals surface area contributed by atoms with Gasteiger partial charge >= 0.3 is 0 Å². The molecule has 0 spiro atoms. The van der Waals surface area contributed by atoms with Gasteiger partial charge in [-0.15, -0.1) is 0 Å². The first kappa shape index (κ1) is 14.3. The molecule has 18 heavy (non-hydrogen) atoms. The van der Waals surface area contributed by atoms with E-state index < -0.39 is 10.0 Å². The highest BCUT2D eigenvalue weighted by Crippen LogP contribution is 2.29. The third-order valence-electron chi connectivity index (χ3n) is 3.92. The van der Waals surface area contributed by atoms with Gasteiger partial charge in [0.2, 0.25) is 10.0 Å². The maximum atomic E-state index is 12.1. The Balaban J connectivity index is 1.67. The standard InChI is InChI=1S/C13H26N2O2S/c1-14(12-13-6-7-13)8-5-11-18(16,17)15-9-3-2-4-10-15/h13H,2-12H2,1H3. The summed E-state index contributed by atoms with van der Waals surface area (Å²) in [5, 5.41) is 0. The number of hydrogen-bond acceptors (Lipinski definition) is 3. The maximum Gasteiger partial charge on any atom is 0.214 e. The highest BCUT2D eigenvalue weighted by atomic mass is 32.2. The van der Waals surface area contributed by atoms with Crippen molar-refractivity contribution >= 4 is 10.0 Å². The second kappa shape index (κ2) is 6.35. The molecule has 4 nitrogen and oxygen atoms in total. The molecule has 0 aromatic heterocycles. The van der Waals surface area contributed by atoms with Crippen molar-refractivity contribution in [3.05, 3.63) is 0 Å². The minimum absolute atomic E-state index is 0.321. The Kier molecular flexibility index (Phi) is 5.04. The van der Waals surface area contributed by atoms with Crippen LogP contribution in [0, 0.1) is 5.92 Å². The normalized spacial score (nSPS) is 22.6. The zero-order chi connectivity index (χ0) is 13.0. The van der Waals surface area contributed by atoms with Gasteiger partial charge < -0.3 is 4.90 Å². The first-order valence-electron chi connectivity index (χ1n) is 7.24. The van der Waals surface area contributed by atoms with Gasteiger partial charge in [-0.3, -0.25) is 0 Å². The smallest absolute Gasteiger partial charge is 0.214 e. The van der Waals surface area contributed by atoms with Crippen molar-refractivity contribution in [1.29, 1.82) is 0 Å². The van der Waals surface area contributed by atoms with Crippen molar-refractivity contribution in [3.8, 4) is 0 Å². The Morgan fingerprint density at radius 3 is 2.44 bits per heavy atom. The number of nitrogens with zero attached hydrogens (tertiary/aromatic N) is 2. The van der Waals surface area contributed by atoms with Gasteiger partial charge in [0.15, 0.2) is 0 Å². The third kappa shape index (κ3) is 4.52. The molecule has 2 rings (SSSR count). The lowest BCUT2D eigenvalue weighted by Crippen LogP contribution is -2.37. The quantitative estimate of drug-likeness (QED) is 0.707. The Morgan fingerprint density at radius 2 is 1.83 bits per heavy atom. The van der Waals surface area contributed by atoms with E-state index in [1.54, 1.807) is 4.31 Å². The summed E-state index contributed by atoms with van der Waals surface area (Å²) in [6.07, 6.45) is 6.71. The summed E-state index contributed by atoms with van der Waals surface area (Å²) in [6, 6.07) is 0. The zero-order valence-corrected chi connectivity index (χ0v) is 12.3. The van der Waals surface area contributed by atoms with E-state index >= 15 is 0 Å². The van der Waals surface area contributed by atoms with Crippen LogP contribution in [0.2, 0.25) is 0 Å². The molecule has 1 saturated carbocycles. The predicted octanol–water partition coefficient (Wildman–Crippen LogP) is 1.53. The lowest BCUT2D eigenvalue weighted by atomic mass is 10.2. The van der Waals surface area contributed by atoms with Crippen LogP contribution in [0.1, 0.15) is 38.5 Å². The summed E-state index contributed by atoms with van der Waals surface area (Å²) < 4.78 is 25.9. The monoisotopic (exact) mass is 274 g/mol. The maximum absolute atomic E-state index is 12.1. The summed E-state index contributed by atoms with van der Waals surface area (Å²) in [5.74, 6) is 1.20. The minimum Gasteiger partial charge on any atom is -0.306 e. The molecule has 0 radical (unpaired) electrons. The van der Waals surface area contributed by atoms with Crippen LogP contribution in [-0.2, 0) is 10.0 Å². The van der Waals surface area contributed by atoms with Crippen LogP contribution >= 0.6 is 0 Å². The van der Waals surface area contributed by atoms with Gasteiger partial charge in [-0.1, -0.05) is 6.42 Å². The second-order valence-corrected chi connectivity index (χ2v) is 7.92. The number of sulfonamides is 1. The molecule has 0 aromatic carbocycles. The average Bonchev–Trinajstić information content (AvgIpc) is 3.14. The van der Waals surface area contributed by atoms with Gasteiger partial charge in [0, 0.05) is 19.6 Å². The van der Waals surface area contributed by atoms with Crippen LogP contribution in [0.4, 0.5) is 0 Å². The van der Waals surface area contributed by atoms with Crippen LogP contribution in [0.3, 0.4) is 0 Å². The first-order valence-corrected chi connectivity index (χ1v) is 8.85. The van der Waals surface area contributed by atoms with Crippen molar-refractivity contribution in [1.82, 2.24) is 9.21 Å². The van der Waals surface area contributed by atoms with E-state index in [2.05, 4.69) is 11.9 Å². The molecule has 2 fully saturated rings. The van der Waals surface area contributed by atoms with E-state index in [-0.39, 0.29) is 0 Å². The summed E-state index contributed by atoms with van der Waals surface area (Å²) in [6.45, 7) is 3.52. The van der Waals surface area contributed by atoms with Crippen LogP contribution < -0.4 is 0 Å². The van der Waals surface area contributed by atoms with Crippen molar-refractivity contribution < 1.29 is 8.42 Å². The number of hydrogen-bond donors (Lipinski definition) is 0. The Morgan fingerprint density at radius 1 is 1.17 bits per heavy atom. The molecule has 0 aromatic rings. The molecule has 0 N–H and O–H groups in total. The topological polar surface area (TPSA) is 40.6 Å². The lowest BCUT2D eigenvalue weighted by Gasteiger charge is -2.26. The Hall–Kier alpha value is -0.130. The van der Waals surface area contributed by atoms with E-state index in [9.17, 15) is 8.42 Å². The molecule has 0 unspecified atom stereocenters. The zero-order valence-electron chi connectivity index (χ0n) is 11.5. The van der Waals surface area contributed by atoms with Crippen LogP contribution in [-0.4, -0.2) is 56.6 Å². The molecular formula is C13H26N2O2S. The van der Waals surface area contributed by atoms with Crippen molar-refractivity contribution in [2.75, 3.05) is 39.0 Å². The molecular weight excluding hydrogens is 248 g/mol. The van der Waals surface area contributed by atoms with Crippen LogP contribution in [0.15, 0.2) is 0 Å². The largest absolute Gasteiger partial charge is 0.306 e. The van der Waals surface area contributed by atoms with Gasteiger partial charge in [-0.05, 0) is 51.6 Å². The molecule has 5 heteroatoms. The van der Waals surface area contributed by atoms with Gasteiger partial charge in [-0.25, -0.2) is 12.7 Å². The van der Waals surface area contributed by atoms with E-state index in [1.807, 2.05) is 0 Å². The molecule has 1 heterocycles. The Bertz CT molecular complexity index is 346. The SMILES string of the molecule is CN(CCCS(=O)(=O)N1CCCCC1)CC1CC1. The molecule has 0 bridgehead atoms. The molecule has 0 atom stereocenters. The van der Waals surface area contributed by atoms with Gasteiger partial charge in [-0.2, -0.15) is 0 Å². The van der Waals surface area contributed by atoms with E-state index in [0.29, 0.717) is 5.75 Å². The summed E-state index contributed by atoms with van der Waals surface area (Å²) in [7, 11) is -0.882. The van der Waals surface area contributed by atoms with Crippen LogP contribution in [0.5, 0.6) is 0 Å². The third-order valence-corrected chi connectivity index (χ3v) is 5.87. The van der Waals surface area contributed by atoms with Crippen molar-refractivity contribution in [2.24, 2.45) is 5.92 Å². The van der Waals surface area contributed by atoms with E-state index in [0.717, 1.165) is 51.4 Å². The van der Waals surface area contributed by atoms with Crippen molar-refractivity contribution in [3.63, 3.8) is 0 Å². The molecule has 1 aliphatic carbocycles. The highest BCUT2D eigenvalue weighted by molar-refractivity contribution is 7.89.